The normalized spacial score (nSPS) is 18.7. The number of anilines is 1. The second kappa shape index (κ2) is 11.1. The van der Waals surface area contributed by atoms with Crippen LogP contribution in [-0.4, -0.2) is 47.2 Å². The molecule has 1 N–H and O–H groups in total. The molecule has 2 aliphatic heterocycles. The van der Waals surface area contributed by atoms with E-state index in [1.54, 1.807) is 55.6 Å². The van der Waals surface area contributed by atoms with Crippen LogP contribution in [0.4, 0.5) is 10.1 Å². The number of amidine groups is 1. The Bertz CT molecular complexity index is 1410. The molecule has 0 aliphatic carbocycles. The van der Waals surface area contributed by atoms with Crippen LogP contribution < -0.4 is 14.8 Å². The van der Waals surface area contributed by atoms with E-state index in [1.165, 1.54) is 23.9 Å². The largest absolute Gasteiger partial charge is 0.497 e. The topological polar surface area (TPSA) is 92.6 Å². The molecule has 2 aliphatic rings. The molecule has 2 amide bonds. The molecule has 194 valence electrons. The lowest BCUT2D eigenvalue weighted by Gasteiger charge is -2.23. The molecule has 0 saturated heterocycles. The van der Waals surface area contributed by atoms with E-state index < -0.39 is 11.2 Å². The van der Waals surface area contributed by atoms with Gasteiger partial charge in [0, 0.05) is 24.6 Å². The van der Waals surface area contributed by atoms with Gasteiger partial charge in [-0.2, -0.15) is 10.1 Å². The predicted molar refractivity (Wildman–Crippen MR) is 145 cm³/mol. The number of nitrogens with one attached hydrogen (secondary N) is 1. The highest BCUT2D eigenvalue weighted by atomic mass is 32.2. The monoisotopic (exact) mass is 532 g/mol. The second-order valence-electron chi connectivity index (χ2n) is 8.71. The van der Waals surface area contributed by atoms with Crippen LogP contribution >= 0.6 is 11.8 Å². The van der Waals surface area contributed by atoms with Crippen LogP contribution in [0.3, 0.4) is 0 Å². The van der Waals surface area contributed by atoms with E-state index in [9.17, 15) is 14.0 Å². The van der Waals surface area contributed by atoms with E-state index in [0.717, 1.165) is 22.6 Å². The van der Waals surface area contributed by atoms with Gasteiger partial charge in [0.05, 0.1) is 26.0 Å². The number of amides is 2. The minimum Gasteiger partial charge on any atom is -0.497 e. The number of benzene rings is 3. The van der Waals surface area contributed by atoms with Gasteiger partial charge < -0.3 is 14.8 Å². The fourth-order valence-electron chi connectivity index (χ4n) is 4.27. The Hall–Kier alpha value is -4.18. The van der Waals surface area contributed by atoms with Crippen molar-refractivity contribution in [1.82, 2.24) is 5.01 Å². The zero-order chi connectivity index (χ0) is 26.6. The summed E-state index contributed by atoms with van der Waals surface area (Å²) in [4.78, 5) is 29.7. The van der Waals surface area contributed by atoms with Crippen molar-refractivity contribution in [3.8, 4) is 11.5 Å². The summed E-state index contributed by atoms with van der Waals surface area (Å²) in [7, 11) is 3.15. The number of aliphatic imine (C=N–C) groups is 1. The number of thioether (sulfide) groups is 1. The van der Waals surface area contributed by atoms with E-state index in [0.29, 0.717) is 23.0 Å². The average Bonchev–Trinajstić information content (AvgIpc) is 3.53. The Morgan fingerprint density at radius 2 is 1.79 bits per heavy atom. The number of carbonyl (C=O) groups excluding carboxylic acids is 2. The number of methoxy groups -OCH3 is 2. The minimum absolute atomic E-state index is 0.0438. The molecular formula is C28H25FN4O4S. The summed E-state index contributed by atoms with van der Waals surface area (Å²) in [5, 5.41) is 9.05. The van der Waals surface area contributed by atoms with Crippen LogP contribution in [-0.2, 0) is 9.59 Å². The number of hydrogen-bond acceptors (Lipinski definition) is 7. The Labute approximate surface area is 223 Å². The maximum atomic E-state index is 13.6. The van der Waals surface area contributed by atoms with Gasteiger partial charge in [-0.15, -0.1) is 0 Å². The molecule has 3 aromatic rings. The molecule has 2 heterocycles. The lowest BCUT2D eigenvalue weighted by Crippen LogP contribution is -2.25. The molecule has 0 saturated carbocycles. The van der Waals surface area contributed by atoms with E-state index in [1.807, 2.05) is 24.3 Å². The van der Waals surface area contributed by atoms with Crippen LogP contribution in [0.15, 0.2) is 82.9 Å². The standard InChI is InChI=1S/C28H25FN4O4S/c1-36-21-12-8-17(9-13-21)23-15-24(18-6-10-19(29)11-7-18)33(32-23)28-31-27(35)25(38-28)16-26(34)30-20-4-3-5-22(14-20)37-2/h3-14,24-25H,15-16H2,1-2H3,(H,30,34)/t24-,25+/m1/s1. The number of ether oxygens (including phenoxy) is 2. The molecule has 5 rings (SSSR count). The van der Waals surface area contributed by atoms with Gasteiger partial charge in [-0.05, 0) is 59.7 Å². The summed E-state index contributed by atoms with van der Waals surface area (Å²) in [6.07, 6.45) is 0.491. The zero-order valence-corrected chi connectivity index (χ0v) is 21.6. The number of rotatable bonds is 7. The van der Waals surface area contributed by atoms with Crippen molar-refractivity contribution < 1.29 is 23.5 Å². The lowest BCUT2D eigenvalue weighted by atomic mass is 9.98. The van der Waals surface area contributed by atoms with Crippen molar-refractivity contribution >= 4 is 40.1 Å². The number of hydrogen-bond donors (Lipinski definition) is 1. The molecule has 10 heteroatoms. The summed E-state index contributed by atoms with van der Waals surface area (Å²) < 4.78 is 24.1. The van der Waals surface area contributed by atoms with Gasteiger partial charge in [0.2, 0.25) is 5.91 Å². The van der Waals surface area contributed by atoms with Crippen LogP contribution in [0.5, 0.6) is 11.5 Å². The third kappa shape index (κ3) is 5.55. The molecule has 2 atom stereocenters. The molecule has 0 aromatic heterocycles. The number of carbonyl (C=O) groups is 2. The maximum Gasteiger partial charge on any atom is 0.262 e. The van der Waals surface area contributed by atoms with Crippen molar-refractivity contribution in [2.24, 2.45) is 10.1 Å². The summed E-state index contributed by atoms with van der Waals surface area (Å²) in [5.74, 6) is 0.317. The van der Waals surface area contributed by atoms with Crippen molar-refractivity contribution in [3.63, 3.8) is 0 Å². The quantitative estimate of drug-likeness (QED) is 0.459. The Kier molecular flexibility index (Phi) is 7.41. The Morgan fingerprint density at radius 1 is 1.05 bits per heavy atom. The molecule has 0 spiro atoms. The van der Waals surface area contributed by atoms with Gasteiger partial charge in [-0.3, -0.25) is 9.59 Å². The van der Waals surface area contributed by atoms with Crippen molar-refractivity contribution in [2.75, 3.05) is 19.5 Å². The molecule has 0 fully saturated rings. The van der Waals surface area contributed by atoms with Crippen molar-refractivity contribution in [2.45, 2.75) is 24.1 Å². The molecule has 38 heavy (non-hydrogen) atoms. The van der Waals surface area contributed by atoms with Gasteiger partial charge in [-0.1, -0.05) is 30.0 Å². The van der Waals surface area contributed by atoms with Crippen molar-refractivity contribution in [3.05, 3.63) is 89.7 Å². The average molecular weight is 533 g/mol. The first-order valence-corrected chi connectivity index (χ1v) is 12.8. The molecule has 8 nitrogen and oxygen atoms in total. The summed E-state index contributed by atoms with van der Waals surface area (Å²) in [6, 6.07) is 20.5. The Morgan fingerprint density at radius 3 is 2.50 bits per heavy atom. The first-order valence-electron chi connectivity index (χ1n) is 11.9. The summed E-state index contributed by atoms with van der Waals surface area (Å²) >= 11 is 1.21. The van der Waals surface area contributed by atoms with Crippen LogP contribution in [0, 0.1) is 5.82 Å². The first-order chi connectivity index (χ1) is 18.4. The molecule has 3 aromatic carbocycles. The molecule has 0 bridgehead atoms. The van der Waals surface area contributed by atoms with Crippen LogP contribution in [0.25, 0.3) is 0 Å². The third-order valence-electron chi connectivity index (χ3n) is 6.24. The van der Waals surface area contributed by atoms with Gasteiger partial charge in [0.15, 0.2) is 5.17 Å². The first kappa shape index (κ1) is 25.5. The van der Waals surface area contributed by atoms with E-state index in [-0.39, 0.29) is 24.2 Å². The minimum atomic E-state index is -0.676. The summed E-state index contributed by atoms with van der Waals surface area (Å²) in [6.45, 7) is 0. The molecular weight excluding hydrogens is 507 g/mol. The van der Waals surface area contributed by atoms with Crippen molar-refractivity contribution in [1.29, 1.82) is 0 Å². The highest BCUT2D eigenvalue weighted by molar-refractivity contribution is 8.15. The smallest absolute Gasteiger partial charge is 0.262 e. The van der Waals surface area contributed by atoms with Crippen LogP contribution in [0.2, 0.25) is 0 Å². The van der Waals surface area contributed by atoms with E-state index in [2.05, 4.69) is 10.3 Å². The number of nitrogens with zero attached hydrogens (tertiary/aromatic N) is 3. The fourth-order valence-corrected chi connectivity index (χ4v) is 5.34. The van der Waals surface area contributed by atoms with Gasteiger partial charge in [-0.25, -0.2) is 9.40 Å². The zero-order valence-electron chi connectivity index (χ0n) is 20.8. The highest BCUT2D eigenvalue weighted by Crippen LogP contribution is 2.39. The second-order valence-corrected chi connectivity index (χ2v) is 9.88. The third-order valence-corrected chi connectivity index (χ3v) is 7.38. The van der Waals surface area contributed by atoms with Crippen LogP contribution in [0.1, 0.15) is 30.0 Å². The number of halogens is 1. The van der Waals surface area contributed by atoms with Gasteiger partial charge in [0.25, 0.3) is 5.91 Å². The molecule has 0 unspecified atom stereocenters. The SMILES string of the molecule is COc1ccc(C2=NN(C3=NC(=O)[C@H](CC(=O)Nc4cccc(OC)c4)S3)[C@@H](c3ccc(F)cc3)C2)cc1. The van der Waals surface area contributed by atoms with E-state index >= 15 is 0 Å². The molecule has 0 radical (unpaired) electrons. The van der Waals surface area contributed by atoms with E-state index in [4.69, 9.17) is 14.6 Å². The van der Waals surface area contributed by atoms with Gasteiger partial charge in [0.1, 0.15) is 22.6 Å². The summed E-state index contributed by atoms with van der Waals surface area (Å²) in [5.41, 5.74) is 3.13. The van der Waals surface area contributed by atoms with Gasteiger partial charge >= 0.3 is 0 Å². The number of hydrazone groups is 1. The Balaban J connectivity index is 1.34. The predicted octanol–water partition coefficient (Wildman–Crippen LogP) is 5.02. The maximum absolute atomic E-state index is 13.6. The lowest BCUT2D eigenvalue weighted by molar-refractivity contribution is -0.121. The highest BCUT2D eigenvalue weighted by Gasteiger charge is 2.39. The fraction of sp³-hybridized carbons (Fsp3) is 0.214.